The Kier molecular flexibility index (Phi) is 4.48. The van der Waals surface area contributed by atoms with Crippen LogP contribution in [0.4, 0.5) is 0 Å². The lowest BCUT2D eigenvalue weighted by molar-refractivity contribution is 0.0712. The van der Waals surface area contributed by atoms with Crippen molar-refractivity contribution in [3.05, 3.63) is 10.6 Å². The van der Waals surface area contributed by atoms with Gasteiger partial charge in [-0.15, -0.1) is 5.10 Å². The fourth-order valence-corrected chi connectivity index (χ4v) is 3.29. The van der Waals surface area contributed by atoms with E-state index in [2.05, 4.69) is 15.7 Å². The normalized spacial score (nSPS) is 15.7. The maximum absolute atomic E-state index is 12.6. The first-order valence-electron chi connectivity index (χ1n) is 6.65. The van der Waals surface area contributed by atoms with Crippen molar-refractivity contribution < 1.29 is 4.79 Å². The molecule has 1 fully saturated rings. The Hall–Kier alpha value is -1.48. The Morgan fingerprint density at radius 3 is 2.79 bits per heavy atom. The molecule has 1 aliphatic rings. The summed E-state index contributed by atoms with van der Waals surface area (Å²) < 4.78 is 3.89. The van der Waals surface area contributed by atoms with Gasteiger partial charge in [0.25, 0.3) is 5.91 Å². The van der Waals surface area contributed by atoms with Crippen molar-refractivity contribution in [2.45, 2.75) is 51.5 Å². The van der Waals surface area contributed by atoms with E-state index in [-0.39, 0.29) is 24.4 Å². The molecule has 0 N–H and O–H groups in total. The smallest absolute Gasteiger partial charge is 0.268 e. The molecule has 5 nitrogen and oxygen atoms in total. The first-order chi connectivity index (χ1) is 9.15. The molecule has 1 aromatic heterocycles. The van der Waals surface area contributed by atoms with Gasteiger partial charge in [0.05, 0.1) is 11.8 Å². The summed E-state index contributed by atoms with van der Waals surface area (Å²) in [5, 5.41) is 13.0. The Balaban J connectivity index is 2.23. The molecule has 19 heavy (non-hydrogen) atoms. The van der Waals surface area contributed by atoms with Crippen molar-refractivity contribution in [2.75, 3.05) is 6.54 Å². The third-order valence-corrected chi connectivity index (χ3v) is 4.25. The second-order valence-corrected chi connectivity index (χ2v) is 5.93. The standard InChI is InChI=1S/C13H18N4OS/c1-9(2)11-12(19-16-15-11)13(18)17(8-7-14)10-5-3-4-6-10/h9-10H,3-6,8H2,1-2H3. The van der Waals surface area contributed by atoms with Gasteiger partial charge in [0, 0.05) is 6.04 Å². The summed E-state index contributed by atoms with van der Waals surface area (Å²) in [6.45, 7) is 4.15. The van der Waals surface area contributed by atoms with Gasteiger partial charge in [0.2, 0.25) is 0 Å². The van der Waals surface area contributed by atoms with Gasteiger partial charge >= 0.3 is 0 Å². The van der Waals surface area contributed by atoms with E-state index >= 15 is 0 Å². The molecule has 0 radical (unpaired) electrons. The van der Waals surface area contributed by atoms with Crippen LogP contribution in [0.3, 0.4) is 0 Å². The zero-order valence-electron chi connectivity index (χ0n) is 11.3. The highest BCUT2D eigenvalue weighted by molar-refractivity contribution is 7.08. The Bertz CT molecular complexity index is 485. The molecule has 0 atom stereocenters. The predicted molar refractivity (Wildman–Crippen MR) is 72.9 cm³/mol. The van der Waals surface area contributed by atoms with E-state index in [0.717, 1.165) is 42.9 Å². The van der Waals surface area contributed by atoms with Gasteiger partial charge in [-0.1, -0.05) is 31.2 Å². The molecule has 1 amide bonds. The summed E-state index contributed by atoms with van der Waals surface area (Å²) in [6, 6.07) is 2.31. The zero-order valence-corrected chi connectivity index (χ0v) is 12.1. The quantitative estimate of drug-likeness (QED) is 0.794. The highest BCUT2D eigenvalue weighted by Gasteiger charge is 2.30. The molecule has 6 heteroatoms. The van der Waals surface area contributed by atoms with E-state index in [0.29, 0.717) is 4.88 Å². The van der Waals surface area contributed by atoms with E-state index in [1.165, 1.54) is 0 Å². The maximum atomic E-state index is 12.6. The summed E-state index contributed by atoms with van der Waals surface area (Å²) in [5.74, 6) is 0.0948. The van der Waals surface area contributed by atoms with Crippen LogP contribution in [0, 0.1) is 11.3 Å². The van der Waals surface area contributed by atoms with Gasteiger partial charge < -0.3 is 4.90 Å². The molecule has 0 bridgehead atoms. The predicted octanol–water partition coefficient (Wildman–Crippen LogP) is 2.57. The van der Waals surface area contributed by atoms with Crippen molar-refractivity contribution in [1.29, 1.82) is 5.26 Å². The van der Waals surface area contributed by atoms with Gasteiger partial charge in [0.1, 0.15) is 11.4 Å². The lowest BCUT2D eigenvalue weighted by Gasteiger charge is -2.26. The summed E-state index contributed by atoms with van der Waals surface area (Å²) in [6.07, 6.45) is 4.27. The monoisotopic (exact) mass is 278 g/mol. The topological polar surface area (TPSA) is 69.9 Å². The van der Waals surface area contributed by atoms with Crippen LogP contribution in [0.15, 0.2) is 0 Å². The Morgan fingerprint density at radius 2 is 2.21 bits per heavy atom. The van der Waals surface area contributed by atoms with Gasteiger partial charge in [-0.3, -0.25) is 4.79 Å². The lowest BCUT2D eigenvalue weighted by atomic mass is 10.1. The number of amides is 1. The second-order valence-electron chi connectivity index (χ2n) is 5.17. The van der Waals surface area contributed by atoms with Crippen LogP contribution in [0.25, 0.3) is 0 Å². The molecule has 102 valence electrons. The van der Waals surface area contributed by atoms with Gasteiger partial charge in [0.15, 0.2) is 0 Å². The summed E-state index contributed by atoms with van der Waals surface area (Å²) in [4.78, 5) is 14.9. The van der Waals surface area contributed by atoms with E-state index in [1.54, 1.807) is 4.90 Å². The number of carbonyl (C=O) groups excluding carboxylic acids is 1. The Morgan fingerprint density at radius 1 is 1.53 bits per heavy atom. The van der Waals surface area contributed by atoms with Crippen LogP contribution in [-0.2, 0) is 0 Å². The fourth-order valence-electron chi connectivity index (χ4n) is 2.51. The van der Waals surface area contributed by atoms with Crippen molar-refractivity contribution >= 4 is 17.4 Å². The van der Waals surface area contributed by atoms with Gasteiger partial charge in [-0.2, -0.15) is 5.26 Å². The molecule has 1 heterocycles. The van der Waals surface area contributed by atoms with Crippen LogP contribution in [0.2, 0.25) is 0 Å². The average Bonchev–Trinajstić information content (AvgIpc) is 3.05. The molecule has 0 unspecified atom stereocenters. The van der Waals surface area contributed by atoms with Gasteiger partial charge in [-0.25, -0.2) is 0 Å². The molecule has 1 saturated carbocycles. The number of aromatic nitrogens is 2. The maximum Gasteiger partial charge on any atom is 0.268 e. The highest BCUT2D eigenvalue weighted by Crippen LogP contribution is 2.27. The van der Waals surface area contributed by atoms with Crippen LogP contribution >= 0.6 is 11.5 Å². The van der Waals surface area contributed by atoms with E-state index in [4.69, 9.17) is 5.26 Å². The molecule has 0 aliphatic heterocycles. The Labute approximate surface area is 117 Å². The molecule has 1 aromatic rings. The van der Waals surface area contributed by atoms with Crippen LogP contribution < -0.4 is 0 Å². The minimum Gasteiger partial charge on any atom is -0.322 e. The number of rotatable bonds is 4. The zero-order chi connectivity index (χ0) is 13.8. The first-order valence-corrected chi connectivity index (χ1v) is 7.42. The van der Waals surface area contributed by atoms with Crippen molar-refractivity contribution in [3.8, 4) is 6.07 Å². The highest BCUT2D eigenvalue weighted by atomic mass is 32.1. The van der Waals surface area contributed by atoms with Crippen molar-refractivity contribution in [3.63, 3.8) is 0 Å². The minimum absolute atomic E-state index is 0.0767. The molecule has 0 aromatic carbocycles. The van der Waals surface area contributed by atoms with E-state index < -0.39 is 0 Å². The second kappa shape index (κ2) is 6.11. The minimum atomic E-state index is -0.0767. The molecule has 2 rings (SSSR count). The number of hydrogen-bond donors (Lipinski definition) is 0. The number of nitrogens with zero attached hydrogens (tertiary/aromatic N) is 4. The number of hydrogen-bond acceptors (Lipinski definition) is 5. The summed E-state index contributed by atoms with van der Waals surface area (Å²) >= 11 is 1.14. The average molecular weight is 278 g/mol. The van der Waals surface area contributed by atoms with E-state index in [1.807, 2.05) is 13.8 Å². The third-order valence-electron chi connectivity index (χ3n) is 3.52. The summed E-state index contributed by atoms with van der Waals surface area (Å²) in [5.41, 5.74) is 0.746. The van der Waals surface area contributed by atoms with Crippen molar-refractivity contribution in [1.82, 2.24) is 14.5 Å². The van der Waals surface area contributed by atoms with Crippen molar-refractivity contribution in [2.24, 2.45) is 0 Å². The van der Waals surface area contributed by atoms with Crippen LogP contribution in [-0.4, -0.2) is 33.0 Å². The molecule has 0 spiro atoms. The van der Waals surface area contributed by atoms with Gasteiger partial charge in [-0.05, 0) is 30.3 Å². The number of carbonyl (C=O) groups is 1. The van der Waals surface area contributed by atoms with Crippen LogP contribution in [0.5, 0.6) is 0 Å². The SMILES string of the molecule is CC(C)c1nnsc1C(=O)N(CC#N)C1CCCC1. The molecule has 1 aliphatic carbocycles. The third kappa shape index (κ3) is 2.92. The fraction of sp³-hybridized carbons (Fsp3) is 0.692. The molecular weight excluding hydrogens is 260 g/mol. The van der Waals surface area contributed by atoms with E-state index in [9.17, 15) is 4.79 Å². The van der Waals surface area contributed by atoms with Crippen LogP contribution in [0.1, 0.15) is 60.8 Å². The number of nitriles is 1. The first kappa shape index (κ1) is 13.9. The lowest BCUT2D eigenvalue weighted by Crippen LogP contribution is -2.39. The molecule has 0 saturated heterocycles. The molecular formula is C13H18N4OS. The largest absolute Gasteiger partial charge is 0.322 e. The summed E-state index contributed by atoms with van der Waals surface area (Å²) in [7, 11) is 0.